The summed E-state index contributed by atoms with van der Waals surface area (Å²) in [6.45, 7) is 3.54. The third-order valence-corrected chi connectivity index (χ3v) is 4.73. The van der Waals surface area contributed by atoms with Gasteiger partial charge in [0, 0.05) is 18.8 Å². The summed E-state index contributed by atoms with van der Waals surface area (Å²) < 4.78 is 6.00. The molecule has 2 atom stereocenters. The summed E-state index contributed by atoms with van der Waals surface area (Å²) in [6, 6.07) is 6.69. The van der Waals surface area contributed by atoms with Crippen molar-refractivity contribution in [3.63, 3.8) is 0 Å². The molecule has 1 fully saturated rings. The first-order chi connectivity index (χ1) is 11.7. The Balaban J connectivity index is 1.63. The largest absolute Gasteiger partial charge is 0.381 e. The highest BCUT2D eigenvalue weighted by Crippen LogP contribution is 2.30. The fraction of sp³-hybridized carbons (Fsp3) is 0.500. The molecule has 1 aliphatic rings. The number of nitro groups is 1. The van der Waals surface area contributed by atoms with Crippen LogP contribution in [-0.4, -0.2) is 29.2 Å². The zero-order valence-electron chi connectivity index (χ0n) is 13.9. The van der Waals surface area contributed by atoms with E-state index in [1.165, 1.54) is 25.3 Å². The molecule has 3 rings (SSSR count). The number of hydrogen-bond donors (Lipinski definition) is 1. The van der Waals surface area contributed by atoms with Gasteiger partial charge in [0.25, 0.3) is 5.69 Å². The second-order valence-corrected chi connectivity index (χ2v) is 6.39. The van der Waals surface area contributed by atoms with Gasteiger partial charge in [-0.05, 0) is 37.0 Å². The van der Waals surface area contributed by atoms with Crippen LogP contribution in [0.25, 0.3) is 10.9 Å². The van der Waals surface area contributed by atoms with Gasteiger partial charge in [0.1, 0.15) is 5.52 Å². The molecule has 1 aromatic carbocycles. The van der Waals surface area contributed by atoms with Crippen LogP contribution in [0.5, 0.6) is 0 Å². The third-order valence-electron chi connectivity index (χ3n) is 4.73. The molecule has 0 aliphatic heterocycles. The molecule has 0 amide bonds. The van der Waals surface area contributed by atoms with Crippen molar-refractivity contribution in [3.05, 3.63) is 40.6 Å². The maximum absolute atomic E-state index is 11.1. The number of aromatic nitrogens is 1. The topological polar surface area (TPSA) is 77.3 Å². The van der Waals surface area contributed by atoms with E-state index in [-0.39, 0.29) is 10.6 Å². The lowest BCUT2D eigenvalue weighted by molar-refractivity contribution is -0.383. The second kappa shape index (κ2) is 7.57. The number of hydrogen-bond acceptors (Lipinski definition) is 5. The lowest BCUT2D eigenvalue weighted by Gasteiger charge is -2.28. The third kappa shape index (κ3) is 3.64. The van der Waals surface area contributed by atoms with Gasteiger partial charge in [-0.1, -0.05) is 19.8 Å². The first-order valence-electron chi connectivity index (χ1n) is 8.54. The van der Waals surface area contributed by atoms with Crippen LogP contribution < -0.4 is 5.32 Å². The fourth-order valence-electron chi connectivity index (χ4n) is 3.39. The maximum atomic E-state index is 11.1. The smallest absolute Gasteiger partial charge is 0.278 e. The molecule has 0 radical (unpaired) electrons. The number of nitrogens with zero attached hydrogens (tertiary/aromatic N) is 2. The molecule has 1 N–H and O–H groups in total. The van der Waals surface area contributed by atoms with Crippen LogP contribution in [0.3, 0.4) is 0 Å². The summed E-state index contributed by atoms with van der Waals surface area (Å²) in [6.07, 6.45) is 6.95. The molecule has 1 saturated carbocycles. The zero-order chi connectivity index (χ0) is 16.9. The summed E-state index contributed by atoms with van der Waals surface area (Å²) in [5.74, 6) is 0.626. The van der Waals surface area contributed by atoms with Crippen LogP contribution >= 0.6 is 0 Å². The molecule has 1 aromatic heterocycles. The Kier molecular flexibility index (Phi) is 5.25. The summed E-state index contributed by atoms with van der Waals surface area (Å²) >= 11 is 0. The predicted molar refractivity (Wildman–Crippen MR) is 94.3 cm³/mol. The van der Waals surface area contributed by atoms with Crippen LogP contribution in [-0.2, 0) is 4.74 Å². The van der Waals surface area contributed by atoms with Gasteiger partial charge >= 0.3 is 0 Å². The molecule has 2 aromatic rings. The zero-order valence-corrected chi connectivity index (χ0v) is 13.9. The Morgan fingerprint density at radius 2 is 2.17 bits per heavy atom. The summed E-state index contributed by atoms with van der Waals surface area (Å²) in [7, 11) is 0. The van der Waals surface area contributed by atoms with E-state index < -0.39 is 0 Å². The molecule has 0 saturated heterocycles. The maximum Gasteiger partial charge on any atom is 0.278 e. The molecular weight excluding hydrogens is 306 g/mol. The minimum Gasteiger partial charge on any atom is -0.381 e. The van der Waals surface area contributed by atoms with E-state index in [0.717, 1.165) is 12.1 Å². The first-order valence-corrected chi connectivity index (χ1v) is 8.54. The SMILES string of the molecule is C[C@H]1CCCC[C@H]1OCCNc1ccc([N+](=O)[O-])c2cccnc12. The molecule has 1 aliphatic carbocycles. The highest BCUT2D eigenvalue weighted by atomic mass is 16.6. The van der Waals surface area contributed by atoms with E-state index in [4.69, 9.17) is 4.74 Å². The van der Waals surface area contributed by atoms with E-state index >= 15 is 0 Å². The summed E-state index contributed by atoms with van der Waals surface area (Å²) in [5.41, 5.74) is 1.50. The second-order valence-electron chi connectivity index (χ2n) is 6.39. The van der Waals surface area contributed by atoms with Crippen LogP contribution in [0, 0.1) is 16.0 Å². The Bertz CT molecular complexity index is 720. The average Bonchev–Trinajstić information content (AvgIpc) is 2.59. The average molecular weight is 329 g/mol. The molecule has 128 valence electrons. The number of anilines is 1. The van der Waals surface area contributed by atoms with Crippen molar-refractivity contribution >= 4 is 22.3 Å². The van der Waals surface area contributed by atoms with E-state index in [1.54, 1.807) is 24.4 Å². The van der Waals surface area contributed by atoms with Gasteiger partial charge in [-0.2, -0.15) is 0 Å². The van der Waals surface area contributed by atoms with Crippen molar-refractivity contribution in [2.75, 3.05) is 18.5 Å². The number of benzene rings is 1. The van der Waals surface area contributed by atoms with Gasteiger partial charge in [-0.3, -0.25) is 15.1 Å². The van der Waals surface area contributed by atoms with Crippen LogP contribution in [0.1, 0.15) is 32.6 Å². The van der Waals surface area contributed by atoms with Gasteiger partial charge in [0.2, 0.25) is 0 Å². The van der Waals surface area contributed by atoms with E-state index in [2.05, 4.69) is 17.2 Å². The van der Waals surface area contributed by atoms with Crippen LogP contribution in [0.4, 0.5) is 11.4 Å². The Labute approximate surface area is 141 Å². The number of pyridine rings is 1. The highest BCUT2D eigenvalue weighted by Gasteiger charge is 2.21. The van der Waals surface area contributed by atoms with Crippen molar-refractivity contribution in [2.45, 2.75) is 38.7 Å². The number of rotatable bonds is 6. The Morgan fingerprint density at radius 3 is 2.96 bits per heavy atom. The Hall–Kier alpha value is -2.21. The molecule has 0 unspecified atom stereocenters. The number of nitro benzene ring substituents is 1. The summed E-state index contributed by atoms with van der Waals surface area (Å²) in [4.78, 5) is 15.1. The summed E-state index contributed by atoms with van der Waals surface area (Å²) in [5, 5.41) is 15.0. The van der Waals surface area contributed by atoms with Crippen molar-refractivity contribution in [1.29, 1.82) is 0 Å². The number of ether oxygens (including phenoxy) is 1. The van der Waals surface area contributed by atoms with Gasteiger partial charge in [0.05, 0.1) is 28.7 Å². The predicted octanol–water partition coefficient (Wildman–Crippen LogP) is 4.15. The standard InChI is InChI=1S/C18H23N3O3/c1-13-5-2-3-7-17(13)24-12-11-19-15-8-9-16(21(22)23)14-6-4-10-20-18(14)15/h4,6,8-10,13,17,19H,2-3,5,7,11-12H2,1H3/t13-,17+/m0/s1. The molecule has 24 heavy (non-hydrogen) atoms. The van der Waals surface area contributed by atoms with E-state index in [0.29, 0.717) is 36.1 Å². The van der Waals surface area contributed by atoms with Gasteiger partial charge < -0.3 is 10.1 Å². The van der Waals surface area contributed by atoms with Crippen molar-refractivity contribution in [1.82, 2.24) is 4.98 Å². The van der Waals surface area contributed by atoms with Crippen LogP contribution in [0.15, 0.2) is 30.5 Å². The van der Waals surface area contributed by atoms with Gasteiger partial charge in [0.15, 0.2) is 0 Å². The lowest BCUT2D eigenvalue weighted by atomic mass is 9.88. The Morgan fingerprint density at radius 1 is 1.33 bits per heavy atom. The molecule has 0 spiro atoms. The number of nitrogens with one attached hydrogen (secondary N) is 1. The van der Waals surface area contributed by atoms with Gasteiger partial charge in [-0.25, -0.2) is 0 Å². The number of fused-ring (bicyclic) bond motifs is 1. The quantitative estimate of drug-likeness (QED) is 0.489. The fourth-order valence-corrected chi connectivity index (χ4v) is 3.39. The molecular formula is C18H23N3O3. The van der Waals surface area contributed by atoms with Crippen LogP contribution in [0.2, 0.25) is 0 Å². The monoisotopic (exact) mass is 329 g/mol. The van der Waals surface area contributed by atoms with Gasteiger partial charge in [-0.15, -0.1) is 0 Å². The number of non-ortho nitro benzene ring substituents is 1. The minimum absolute atomic E-state index is 0.0796. The lowest BCUT2D eigenvalue weighted by Crippen LogP contribution is -2.27. The van der Waals surface area contributed by atoms with Crippen molar-refractivity contribution < 1.29 is 9.66 Å². The normalized spacial score (nSPS) is 20.9. The van der Waals surface area contributed by atoms with E-state index in [9.17, 15) is 10.1 Å². The van der Waals surface area contributed by atoms with Crippen molar-refractivity contribution in [3.8, 4) is 0 Å². The minimum atomic E-state index is -0.374. The van der Waals surface area contributed by atoms with E-state index in [1.807, 2.05) is 0 Å². The van der Waals surface area contributed by atoms with Crippen molar-refractivity contribution in [2.24, 2.45) is 5.92 Å². The first kappa shape index (κ1) is 16.6. The molecule has 0 bridgehead atoms. The molecule has 6 heteroatoms. The molecule has 6 nitrogen and oxygen atoms in total. The highest BCUT2D eigenvalue weighted by molar-refractivity contribution is 5.96. The molecule has 1 heterocycles.